The van der Waals surface area contributed by atoms with Gasteiger partial charge in [-0.25, -0.2) is 0 Å². The van der Waals surface area contributed by atoms with Crippen LogP contribution in [-0.4, -0.2) is 0 Å². The van der Waals surface area contributed by atoms with Gasteiger partial charge < -0.3 is 5.73 Å². The SMILES string of the molecule is C=C(S/C=C(\C)Cc1cc(C)c(N)cc1C)c1ccc(CCC)cc1. The molecular weight excluding hydrogens is 322 g/mol. The van der Waals surface area contributed by atoms with Crippen molar-refractivity contribution in [2.24, 2.45) is 0 Å². The van der Waals surface area contributed by atoms with Crippen LogP contribution >= 0.6 is 11.8 Å². The number of aryl methyl sites for hydroxylation is 3. The van der Waals surface area contributed by atoms with E-state index < -0.39 is 0 Å². The first kappa shape index (κ1) is 19.4. The van der Waals surface area contributed by atoms with Gasteiger partial charge in [0.25, 0.3) is 0 Å². The van der Waals surface area contributed by atoms with Crippen LogP contribution in [0.1, 0.15) is 48.1 Å². The molecule has 0 heterocycles. The molecule has 0 bridgehead atoms. The molecular formula is C23H29NS. The largest absolute Gasteiger partial charge is 0.399 e. The van der Waals surface area contributed by atoms with Gasteiger partial charge in [-0.1, -0.05) is 67.6 Å². The van der Waals surface area contributed by atoms with Crippen molar-refractivity contribution in [3.63, 3.8) is 0 Å². The molecule has 0 aliphatic rings. The van der Waals surface area contributed by atoms with Gasteiger partial charge in [-0.2, -0.15) is 0 Å². The van der Waals surface area contributed by atoms with E-state index in [2.05, 4.69) is 76.1 Å². The molecule has 0 aromatic heterocycles. The summed E-state index contributed by atoms with van der Waals surface area (Å²) in [5, 5.41) is 2.22. The summed E-state index contributed by atoms with van der Waals surface area (Å²) in [6.45, 7) is 12.8. The predicted octanol–water partition coefficient (Wildman–Crippen LogP) is 6.69. The van der Waals surface area contributed by atoms with E-state index in [1.165, 1.54) is 34.2 Å². The second-order valence-corrected chi connectivity index (χ2v) is 7.73. The number of anilines is 1. The van der Waals surface area contributed by atoms with Crippen LogP contribution in [0.2, 0.25) is 0 Å². The molecule has 2 N–H and O–H groups in total. The molecule has 2 rings (SSSR count). The van der Waals surface area contributed by atoms with E-state index in [1.54, 1.807) is 11.8 Å². The van der Waals surface area contributed by atoms with Gasteiger partial charge in [-0.05, 0) is 72.9 Å². The number of allylic oxidation sites excluding steroid dienone is 1. The summed E-state index contributed by atoms with van der Waals surface area (Å²) in [6.07, 6.45) is 3.27. The molecule has 2 aromatic carbocycles. The molecule has 0 aliphatic heterocycles. The van der Waals surface area contributed by atoms with Gasteiger partial charge in [0.1, 0.15) is 0 Å². The van der Waals surface area contributed by atoms with Crippen molar-refractivity contribution in [3.05, 3.63) is 81.8 Å². The van der Waals surface area contributed by atoms with E-state index in [0.717, 1.165) is 29.0 Å². The van der Waals surface area contributed by atoms with Crippen LogP contribution in [0, 0.1) is 13.8 Å². The first-order chi connectivity index (χ1) is 11.9. The average Bonchev–Trinajstić information content (AvgIpc) is 2.58. The summed E-state index contributed by atoms with van der Waals surface area (Å²) >= 11 is 1.71. The average molecular weight is 352 g/mol. The third-order valence-corrected chi connectivity index (χ3v) is 5.45. The molecule has 132 valence electrons. The van der Waals surface area contributed by atoms with Crippen molar-refractivity contribution in [1.29, 1.82) is 0 Å². The van der Waals surface area contributed by atoms with Gasteiger partial charge in [0.2, 0.25) is 0 Å². The Labute approximate surface area is 157 Å². The fourth-order valence-electron chi connectivity index (χ4n) is 2.82. The Morgan fingerprint density at radius 1 is 1.12 bits per heavy atom. The Balaban J connectivity index is 2.00. The lowest BCUT2D eigenvalue weighted by Gasteiger charge is -2.10. The van der Waals surface area contributed by atoms with Crippen molar-refractivity contribution < 1.29 is 0 Å². The number of nitrogens with two attached hydrogens (primary N) is 1. The lowest BCUT2D eigenvalue weighted by Crippen LogP contribution is -1.96. The minimum atomic E-state index is 0.872. The van der Waals surface area contributed by atoms with Crippen LogP contribution in [0.5, 0.6) is 0 Å². The van der Waals surface area contributed by atoms with Gasteiger partial charge in [-0.15, -0.1) is 0 Å². The lowest BCUT2D eigenvalue weighted by atomic mass is 9.99. The minimum absolute atomic E-state index is 0.872. The van der Waals surface area contributed by atoms with E-state index in [-0.39, 0.29) is 0 Å². The molecule has 0 atom stereocenters. The molecule has 0 fully saturated rings. The predicted molar refractivity (Wildman–Crippen MR) is 115 cm³/mol. The zero-order valence-corrected chi connectivity index (χ0v) is 16.7. The summed E-state index contributed by atoms with van der Waals surface area (Å²) in [4.78, 5) is 1.09. The highest BCUT2D eigenvalue weighted by atomic mass is 32.2. The number of benzene rings is 2. The standard InChI is InChI=1S/C23H29NS/c1-6-7-20-8-10-21(11-9-20)19(5)25-15-16(2)12-22-13-18(4)23(24)14-17(22)3/h8-11,13-15H,5-7,12,24H2,1-4H3/b16-15+. The molecule has 0 radical (unpaired) electrons. The summed E-state index contributed by atoms with van der Waals surface area (Å²) in [7, 11) is 0. The van der Waals surface area contributed by atoms with Crippen molar-refractivity contribution in [2.45, 2.75) is 47.0 Å². The van der Waals surface area contributed by atoms with E-state index in [1.807, 2.05) is 0 Å². The van der Waals surface area contributed by atoms with Crippen LogP contribution in [0.15, 0.2) is 54.0 Å². The molecule has 0 aliphatic carbocycles. The maximum absolute atomic E-state index is 5.98. The summed E-state index contributed by atoms with van der Waals surface area (Å²) in [5.74, 6) is 0. The van der Waals surface area contributed by atoms with Crippen LogP contribution in [0.25, 0.3) is 4.91 Å². The molecule has 2 heteroatoms. The number of thioether (sulfide) groups is 1. The van der Waals surface area contributed by atoms with E-state index in [4.69, 9.17) is 5.73 Å². The fourth-order valence-corrected chi connectivity index (χ4v) is 3.52. The van der Waals surface area contributed by atoms with Crippen molar-refractivity contribution in [3.8, 4) is 0 Å². The molecule has 0 spiro atoms. The van der Waals surface area contributed by atoms with Gasteiger partial charge in [-0.3, -0.25) is 0 Å². The molecule has 0 saturated heterocycles. The van der Waals surface area contributed by atoms with Gasteiger partial charge >= 0.3 is 0 Å². The van der Waals surface area contributed by atoms with Crippen molar-refractivity contribution in [1.82, 2.24) is 0 Å². The molecule has 2 aromatic rings. The van der Waals surface area contributed by atoms with Crippen LogP contribution in [0.3, 0.4) is 0 Å². The lowest BCUT2D eigenvalue weighted by molar-refractivity contribution is 0.922. The number of nitrogen functional groups attached to an aromatic ring is 1. The Hall–Kier alpha value is -1.93. The smallest absolute Gasteiger partial charge is 0.0346 e. The van der Waals surface area contributed by atoms with Crippen molar-refractivity contribution in [2.75, 3.05) is 5.73 Å². The number of hydrogen-bond acceptors (Lipinski definition) is 2. The summed E-state index contributed by atoms with van der Waals surface area (Å²) in [5.41, 5.74) is 14.5. The molecule has 0 saturated carbocycles. The molecule has 25 heavy (non-hydrogen) atoms. The van der Waals surface area contributed by atoms with E-state index in [0.29, 0.717) is 0 Å². The number of rotatable bonds is 7. The normalized spacial score (nSPS) is 11.6. The van der Waals surface area contributed by atoms with Crippen molar-refractivity contribution >= 4 is 22.4 Å². The highest BCUT2D eigenvalue weighted by molar-refractivity contribution is 8.10. The highest BCUT2D eigenvalue weighted by Crippen LogP contribution is 2.29. The second-order valence-electron chi connectivity index (χ2n) is 6.76. The zero-order chi connectivity index (χ0) is 18.4. The third-order valence-electron chi connectivity index (χ3n) is 4.41. The second kappa shape index (κ2) is 8.96. The Kier molecular flexibility index (Phi) is 6.95. The van der Waals surface area contributed by atoms with Crippen LogP contribution < -0.4 is 5.73 Å². The van der Waals surface area contributed by atoms with Crippen LogP contribution in [0.4, 0.5) is 5.69 Å². The first-order valence-electron chi connectivity index (χ1n) is 8.86. The topological polar surface area (TPSA) is 26.0 Å². The summed E-state index contributed by atoms with van der Waals surface area (Å²) in [6, 6.07) is 13.0. The van der Waals surface area contributed by atoms with E-state index >= 15 is 0 Å². The molecule has 1 nitrogen and oxygen atoms in total. The Morgan fingerprint density at radius 3 is 2.44 bits per heavy atom. The van der Waals surface area contributed by atoms with E-state index in [9.17, 15) is 0 Å². The van der Waals surface area contributed by atoms with Gasteiger partial charge in [0.05, 0.1) is 0 Å². The molecule has 0 amide bonds. The van der Waals surface area contributed by atoms with Gasteiger partial charge in [0.15, 0.2) is 0 Å². The highest BCUT2D eigenvalue weighted by Gasteiger charge is 2.04. The zero-order valence-electron chi connectivity index (χ0n) is 15.9. The summed E-state index contributed by atoms with van der Waals surface area (Å²) < 4.78 is 0. The molecule has 0 unspecified atom stereocenters. The Morgan fingerprint density at radius 2 is 1.80 bits per heavy atom. The first-order valence-corrected chi connectivity index (χ1v) is 9.74. The number of hydrogen-bond donors (Lipinski definition) is 1. The van der Waals surface area contributed by atoms with Gasteiger partial charge in [0, 0.05) is 10.6 Å². The maximum Gasteiger partial charge on any atom is 0.0346 e. The minimum Gasteiger partial charge on any atom is -0.399 e. The monoisotopic (exact) mass is 351 g/mol. The fraction of sp³-hybridized carbons (Fsp3) is 0.304. The third kappa shape index (κ3) is 5.54. The maximum atomic E-state index is 5.98. The quantitative estimate of drug-likeness (QED) is 0.562. The van der Waals surface area contributed by atoms with Crippen LogP contribution in [-0.2, 0) is 12.8 Å². The Bertz CT molecular complexity index is 769.